The molecule has 0 bridgehead atoms. The lowest BCUT2D eigenvalue weighted by molar-refractivity contribution is 0.0943. The Kier molecular flexibility index (Phi) is 4.74. The number of amides is 1. The Bertz CT molecular complexity index is 1020. The van der Waals surface area contributed by atoms with Crippen molar-refractivity contribution in [1.82, 2.24) is 25.0 Å². The lowest BCUT2D eigenvalue weighted by atomic mass is 10.1. The average molecular weight is 359 g/mol. The summed E-state index contributed by atoms with van der Waals surface area (Å²) in [4.78, 5) is 21.0. The summed E-state index contributed by atoms with van der Waals surface area (Å²) in [6.07, 6.45) is 5.31. The first-order chi connectivity index (χ1) is 13.3. The molecule has 4 aromatic rings. The van der Waals surface area contributed by atoms with E-state index in [-0.39, 0.29) is 11.6 Å². The van der Waals surface area contributed by atoms with Gasteiger partial charge in [0.1, 0.15) is 5.69 Å². The van der Waals surface area contributed by atoms with Crippen LogP contribution in [0.5, 0.6) is 0 Å². The first-order valence-corrected chi connectivity index (χ1v) is 8.54. The molecule has 0 fully saturated rings. The first-order valence-electron chi connectivity index (χ1n) is 8.54. The molecule has 1 aromatic carbocycles. The molecule has 0 spiro atoms. The molecule has 3 heterocycles. The Labute approximate surface area is 155 Å². The number of hydrogen-bond acceptors (Lipinski definition) is 5. The smallest absolute Gasteiger partial charge is 0.273 e. The fourth-order valence-electron chi connectivity index (χ4n) is 2.72. The van der Waals surface area contributed by atoms with E-state index >= 15 is 0 Å². The van der Waals surface area contributed by atoms with Crippen molar-refractivity contribution in [1.29, 1.82) is 0 Å². The number of carbonyl (C=O) groups excluding carboxylic acids is 1. The van der Waals surface area contributed by atoms with Crippen LogP contribution in [0.25, 0.3) is 22.8 Å². The highest BCUT2D eigenvalue weighted by atomic mass is 16.5. The van der Waals surface area contributed by atoms with Crippen LogP contribution in [0, 0.1) is 0 Å². The molecule has 0 saturated carbocycles. The van der Waals surface area contributed by atoms with Gasteiger partial charge in [-0.3, -0.25) is 9.78 Å². The topological polar surface area (TPSA) is 85.8 Å². The van der Waals surface area contributed by atoms with Crippen LogP contribution in [0.3, 0.4) is 0 Å². The van der Waals surface area contributed by atoms with Crippen molar-refractivity contribution in [3.05, 3.63) is 78.9 Å². The van der Waals surface area contributed by atoms with E-state index in [9.17, 15) is 4.79 Å². The van der Waals surface area contributed by atoms with Gasteiger partial charge in [0.2, 0.25) is 0 Å². The van der Waals surface area contributed by atoms with Gasteiger partial charge in [-0.25, -0.2) is 4.98 Å². The Hall–Kier alpha value is -3.74. The summed E-state index contributed by atoms with van der Waals surface area (Å²) < 4.78 is 7.21. The molecule has 3 aromatic heterocycles. The molecule has 1 N–H and O–H groups in total. The normalized spacial score (nSPS) is 10.7. The van der Waals surface area contributed by atoms with Gasteiger partial charge in [-0.15, -0.1) is 0 Å². The highest BCUT2D eigenvalue weighted by Crippen LogP contribution is 2.19. The molecule has 27 heavy (non-hydrogen) atoms. The Morgan fingerprint density at radius 3 is 2.70 bits per heavy atom. The maximum atomic E-state index is 12.3. The molecule has 7 nitrogen and oxygen atoms in total. The molecular weight excluding hydrogens is 342 g/mol. The molecule has 0 unspecified atom stereocenters. The summed E-state index contributed by atoms with van der Waals surface area (Å²) in [6.45, 7) is 1.00. The minimum Gasteiger partial charge on any atom is -0.355 e. The molecule has 134 valence electrons. The van der Waals surface area contributed by atoms with Crippen LogP contribution in [-0.4, -0.2) is 32.1 Å². The third-order valence-corrected chi connectivity index (χ3v) is 4.05. The zero-order chi connectivity index (χ0) is 18.5. The van der Waals surface area contributed by atoms with E-state index in [2.05, 4.69) is 20.4 Å². The minimum absolute atomic E-state index is 0.254. The van der Waals surface area contributed by atoms with E-state index in [1.54, 1.807) is 18.5 Å². The minimum atomic E-state index is -0.277. The van der Waals surface area contributed by atoms with Crippen LogP contribution in [0.2, 0.25) is 0 Å². The Morgan fingerprint density at radius 2 is 1.89 bits per heavy atom. The van der Waals surface area contributed by atoms with Crippen molar-refractivity contribution in [3.63, 3.8) is 0 Å². The van der Waals surface area contributed by atoms with Gasteiger partial charge in [0.25, 0.3) is 5.91 Å². The summed E-state index contributed by atoms with van der Waals surface area (Å²) in [7, 11) is 0. The molecule has 0 radical (unpaired) electrons. The van der Waals surface area contributed by atoms with Gasteiger partial charge < -0.3 is 14.4 Å². The second-order valence-corrected chi connectivity index (χ2v) is 5.86. The van der Waals surface area contributed by atoms with Crippen molar-refractivity contribution in [2.24, 2.45) is 0 Å². The first kappa shape index (κ1) is 16.7. The lowest BCUT2D eigenvalue weighted by Gasteiger charge is -2.08. The lowest BCUT2D eigenvalue weighted by Crippen LogP contribution is -2.27. The number of carbonyl (C=O) groups is 1. The Morgan fingerprint density at radius 1 is 1.04 bits per heavy atom. The number of aromatic nitrogens is 4. The fraction of sp³-hybridized carbons (Fsp3) is 0.100. The van der Waals surface area contributed by atoms with E-state index in [1.165, 1.54) is 0 Å². The van der Waals surface area contributed by atoms with Crippen LogP contribution in [0.15, 0.2) is 77.7 Å². The predicted octanol–water partition coefficient (Wildman–Crippen LogP) is 3.03. The standard InChI is InChI=1S/C20H17N5O2/c26-20(17-14-18(27-24-17)15-6-2-1-3-7-15)23-11-13-25-12-10-22-19(25)16-8-4-5-9-21-16/h1-10,12,14H,11,13H2,(H,23,26). The van der Waals surface area contributed by atoms with E-state index in [0.29, 0.717) is 18.8 Å². The van der Waals surface area contributed by atoms with Crippen LogP contribution in [0.1, 0.15) is 10.5 Å². The van der Waals surface area contributed by atoms with Crippen LogP contribution >= 0.6 is 0 Å². The number of hydrogen-bond donors (Lipinski definition) is 1. The molecule has 0 aliphatic rings. The van der Waals surface area contributed by atoms with Crippen molar-refractivity contribution in [2.75, 3.05) is 6.54 Å². The second-order valence-electron chi connectivity index (χ2n) is 5.86. The largest absolute Gasteiger partial charge is 0.355 e. The predicted molar refractivity (Wildman–Crippen MR) is 99.7 cm³/mol. The number of imidazole rings is 1. The number of benzene rings is 1. The summed E-state index contributed by atoms with van der Waals surface area (Å²) in [5.41, 5.74) is 1.92. The average Bonchev–Trinajstić information content (AvgIpc) is 3.39. The molecule has 1 amide bonds. The number of rotatable bonds is 6. The third-order valence-electron chi connectivity index (χ3n) is 4.05. The molecule has 4 rings (SSSR count). The zero-order valence-electron chi connectivity index (χ0n) is 14.4. The van der Waals surface area contributed by atoms with Gasteiger partial charge in [0.15, 0.2) is 17.3 Å². The van der Waals surface area contributed by atoms with Crippen molar-refractivity contribution >= 4 is 5.91 Å². The second kappa shape index (κ2) is 7.65. The van der Waals surface area contributed by atoms with E-state index < -0.39 is 0 Å². The van der Waals surface area contributed by atoms with Crippen LogP contribution in [0.4, 0.5) is 0 Å². The maximum Gasteiger partial charge on any atom is 0.273 e. The fourth-order valence-corrected chi connectivity index (χ4v) is 2.72. The molecular formula is C20H17N5O2. The van der Waals surface area contributed by atoms with Gasteiger partial charge in [-0.05, 0) is 12.1 Å². The molecule has 7 heteroatoms. The van der Waals surface area contributed by atoms with Crippen molar-refractivity contribution in [2.45, 2.75) is 6.54 Å². The van der Waals surface area contributed by atoms with Crippen LogP contribution in [-0.2, 0) is 6.54 Å². The molecule has 0 aliphatic carbocycles. The summed E-state index contributed by atoms with van der Waals surface area (Å²) in [5.74, 6) is 1.05. The monoisotopic (exact) mass is 359 g/mol. The summed E-state index contributed by atoms with van der Waals surface area (Å²) in [5, 5.41) is 6.71. The van der Waals surface area contributed by atoms with Gasteiger partial charge in [0, 0.05) is 43.3 Å². The highest BCUT2D eigenvalue weighted by Gasteiger charge is 2.13. The Balaban J connectivity index is 1.37. The van der Waals surface area contributed by atoms with E-state index in [0.717, 1.165) is 17.1 Å². The van der Waals surface area contributed by atoms with Crippen molar-refractivity contribution < 1.29 is 9.32 Å². The third kappa shape index (κ3) is 3.77. The van der Waals surface area contributed by atoms with E-state index in [1.807, 2.05) is 59.3 Å². The molecule has 0 aliphatic heterocycles. The van der Waals surface area contributed by atoms with Gasteiger partial charge in [-0.2, -0.15) is 0 Å². The van der Waals surface area contributed by atoms with Crippen molar-refractivity contribution in [3.8, 4) is 22.8 Å². The number of nitrogens with one attached hydrogen (secondary N) is 1. The SMILES string of the molecule is O=C(NCCn1ccnc1-c1ccccn1)c1cc(-c2ccccc2)on1. The van der Waals surface area contributed by atoms with Crippen LogP contribution < -0.4 is 5.32 Å². The van der Waals surface area contributed by atoms with Gasteiger partial charge >= 0.3 is 0 Å². The van der Waals surface area contributed by atoms with Gasteiger partial charge in [0.05, 0.1) is 0 Å². The summed E-state index contributed by atoms with van der Waals surface area (Å²) in [6, 6.07) is 16.9. The molecule has 0 saturated heterocycles. The highest BCUT2D eigenvalue weighted by molar-refractivity contribution is 5.93. The number of pyridine rings is 1. The molecule has 0 atom stereocenters. The zero-order valence-corrected chi connectivity index (χ0v) is 14.4. The quantitative estimate of drug-likeness (QED) is 0.572. The van der Waals surface area contributed by atoms with Gasteiger partial charge in [-0.1, -0.05) is 41.6 Å². The number of nitrogens with zero attached hydrogens (tertiary/aromatic N) is 4. The summed E-state index contributed by atoms with van der Waals surface area (Å²) >= 11 is 0. The van der Waals surface area contributed by atoms with E-state index in [4.69, 9.17) is 4.52 Å². The maximum absolute atomic E-state index is 12.3.